The molecule has 0 amide bonds. The molecule has 7 heteroatoms. The summed E-state index contributed by atoms with van der Waals surface area (Å²) >= 11 is 0. The van der Waals surface area contributed by atoms with Gasteiger partial charge in [-0.2, -0.15) is 10.2 Å². The molecule has 25 heavy (non-hydrogen) atoms. The maximum Gasteiger partial charge on any atom is 0.165 e. The summed E-state index contributed by atoms with van der Waals surface area (Å²) < 4.78 is 8.84. The van der Waals surface area contributed by atoms with Gasteiger partial charge in [-0.3, -0.25) is 4.68 Å². The number of hydrogen-bond donors (Lipinski definition) is 1. The fraction of sp³-hybridized carbons (Fsp3) is 0.167. The van der Waals surface area contributed by atoms with Crippen molar-refractivity contribution in [3.05, 3.63) is 55.1 Å². The van der Waals surface area contributed by atoms with Crippen LogP contribution in [0.3, 0.4) is 0 Å². The molecule has 0 atom stereocenters. The van der Waals surface area contributed by atoms with Crippen molar-refractivity contribution in [3.8, 4) is 16.9 Å². The molecule has 0 spiro atoms. The highest BCUT2D eigenvalue weighted by molar-refractivity contribution is 5.78. The second-order valence-corrected chi connectivity index (χ2v) is 5.58. The van der Waals surface area contributed by atoms with Crippen LogP contribution in [0.25, 0.3) is 16.8 Å². The van der Waals surface area contributed by atoms with Gasteiger partial charge in [0.25, 0.3) is 0 Å². The van der Waals surface area contributed by atoms with Crippen molar-refractivity contribution < 1.29 is 4.74 Å². The van der Waals surface area contributed by atoms with Crippen LogP contribution in [0.15, 0.2) is 55.1 Å². The largest absolute Gasteiger partial charge is 0.497 e. The van der Waals surface area contributed by atoms with E-state index in [2.05, 4.69) is 22.4 Å². The fourth-order valence-corrected chi connectivity index (χ4v) is 2.66. The molecule has 3 heterocycles. The summed E-state index contributed by atoms with van der Waals surface area (Å²) in [6.07, 6.45) is 7.45. The van der Waals surface area contributed by atoms with E-state index < -0.39 is 0 Å². The number of ether oxygens (including phenoxy) is 1. The van der Waals surface area contributed by atoms with Crippen LogP contribution in [0.5, 0.6) is 5.75 Å². The SMILES string of the molecule is CCn1cc(Nc2ccn3ncc(-c4ccc(OC)cc4)c3n2)cn1. The van der Waals surface area contributed by atoms with E-state index in [1.807, 2.05) is 53.6 Å². The fourth-order valence-electron chi connectivity index (χ4n) is 2.66. The summed E-state index contributed by atoms with van der Waals surface area (Å²) in [6.45, 7) is 2.88. The van der Waals surface area contributed by atoms with Gasteiger partial charge < -0.3 is 10.1 Å². The van der Waals surface area contributed by atoms with Crippen molar-refractivity contribution >= 4 is 17.2 Å². The molecule has 1 aromatic carbocycles. The van der Waals surface area contributed by atoms with Crippen LogP contribution in [0, 0.1) is 0 Å². The molecule has 0 unspecified atom stereocenters. The van der Waals surface area contributed by atoms with E-state index in [9.17, 15) is 0 Å². The van der Waals surface area contributed by atoms with E-state index in [1.54, 1.807) is 17.8 Å². The van der Waals surface area contributed by atoms with Gasteiger partial charge >= 0.3 is 0 Å². The molecule has 0 aliphatic carbocycles. The minimum atomic E-state index is 0.749. The van der Waals surface area contributed by atoms with Gasteiger partial charge in [0.15, 0.2) is 5.65 Å². The van der Waals surface area contributed by atoms with E-state index in [4.69, 9.17) is 9.72 Å². The zero-order chi connectivity index (χ0) is 17.2. The van der Waals surface area contributed by atoms with Crippen molar-refractivity contribution in [2.45, 2.75) is 13.5 Å². The van der Waals surface area contributed by atoms with Crippen molar-refractivity contribution in [1.29, 1.82) is 0 Å². The Balaban J connectivity index is 1.69. The van der Waals surface area contributed by atoms with Crippen molar-refractivity contribution in [2.75, 3.05) is 12.4 Å². The average molecular weight is 334 g/mol. The molecule has 1 N–H and O–H groups in total. The summed E-state index contributed by atoms with van der Waals surface area (Å²) in [5.74, 6) is 1.57. The number of anilines is 2. The van der Waals surface area contributed by atoms with Gasteiger partial charge in [0, 0.05) is 24.5 Å². The van der Waals surface area contributed by atoms with Crippen LogP contribution >= 0.6 is 0 Å². The first-order valence-electron chi connectivity index (χ1n) is 8.05. The van der Waals surface area contributed by atoms with E-state index in [0.29, 0.717) is 0 Å². The molecular formula is C18H18N6O. The Hall–Kier alpha value is -3.35. The van der Waals surface area contributed by atoms with Crippen LogP contribution in [0.1, 0.15) is 6.92 Å². The quantitative estimate of drug-likeness (QED) is 0.606. The lowest BCUT2D eigenvalue weighted by Crippen LogP contribution is -1.97. The van der Waals surface area contributed by atoms with E-state index in [-0.39, 0.29) is 0 Å². The highest BCUT2D eigenvalue weighted by Gasteiger charge is 2.10. The highest BCUT2D eigenvalue weighted by atomic mass is 16.5. The zero-order valence-electron chi connectivity index (χ0n) is 14.0. The Bertz CT molecular complexity index is 1000. The standard InChI is InChI=1S/C18H18N6O/c1-3-23-12-14(10-19-23)21-17-8-9-24-18(22-17)16(11-20-24)13-4-6-15(25-2)7-5-13/h4-12H,3H2,1-2H3,(H,21,22). The van der Waals surface area contributed by atoms with E-state index in [1.165, 1.54) is 0 Å². The Morgan fingerprint density at radius 3 is 2.64 bits per heavy atom. The lowest BCUT2D eigenvalue weighted by Gasteiger charge is -2.05. The lowest BCUT2D eigenvalue weighted by molar-refractivity contribution is 0.415. The predicted octanol–water partition coefficient (Wildman–Crippen LogP) is 3.36. The molecule has 4 rings (SSSR count). The van der Waals surface area contributed by atoms with Crippen LogP contribution in [-0.2, 0) is 6.54 Å². The summed E-state index contributed by atoms with van der Waals surface area (Å²) in [5.41, 5.74) is 3.71. The molecule has 0 saturated carbocycles. The first-order valence-corrected chi connectivity index (χ1v) is 8.05. The number of benzene rings is 1. The minimum Gasteiger partial charge on any atom is -0.497 e. The van der Waals surface area contributed by atoms with Gasteiger partial charge in [0.1, 0.15) is 11.6 Å². The number of hydrogen-bond acceptors (Lipinski definition) is 5. The van der Waals surface area contributed by atoms with Crippen LogP contribution in [0.4, 0.5) is 11.5 Å². The summed E-state index contributed by atoms with van der Waals surface area (Å²) in [4.78, 5) is 4.71. The second-order valence-electron chi connectivity index (χ2n) is 5.58. The Labute approximate surface area is 144 Å². The average Bonchev–Trinajstić information content (AvgIpc) is 3.28. The van der Waals surface area contributed by atoms with Crippen molar-refractivity contribution in [3.63, 3.8) is 0 Å². The van der Waals surface area contributed by atoms with Crippen LogP contribution < -0.4 is 10.1 Å². The third kappa shape index (κ3) is 2.91. The maximum atomic E-state index is 5.22. The van der Waals surface area contributed by atoms with Gasteiger partial charge in [0.2, 0.25) is 0 Å². The van der Waals surface area contributed by atoms with Crippen molar-refractivity contribution in [2.24, 2.45) is 0 Å². The smallest absolute Gasteiger partial charge is 0.165 e. The maximum absolute atomic E-state index is 5.22. The third-order valence-electron chi connectivity index (χ3n) is 4.00. The number of aryl methyl sites for hydroxylation is 1. The molecule has 0 aliphatic heterocycles. The first kappa shape index (κ1) is 15.2. The molecule has 4 aromatic rings. The number of rotatable bonds is 5. The topological polar surface area (TPSA) is 69.3 Å². The van der Waals surface area contributed by atoms with Gasteiger partial charge in [0.05, 0.1) is 25.2 Å². The highest BCUT2D eigenvalue weighted by Crippen LogP contribution is 2.26. The van der Waals surface area contributed by atoms with Crippen LogP contribution in [0.2, 0.25) is 0 Å². The van der Waals surface area contributed by atoms with Crippen LogP contribution in [-0.4, -0.2) is 31.5 Å². The van der Waals surface area contributed by atoms with E-state index in [0.717, 1.165) is 40.6 Å². The first-order chi connectivity index (χ1) is 12.3. The van der Waals surface area contributed by atoms with Gasteiger partial charge in [-0.25, -0.2) is 9.50 Å². The summed E-state index contributed by atoms with van der Waals surface area (Å²) in [6, 6.07) is 9.76. The predicted molar refractivity (Wildman–Crippen MR) is 96.2 cm³/mol. The Kier molecular flexibility index (Phi) is 3.81. The molecule has 0 bridgehead atoms. The molecule has 3 aromatic heterocycles. The second kappa shape index (κ2) is 6.27. The molecule has 0 saturated heterocycles. The Morgan fingerprint density at radius 1 is 1.08 bits per heavy atom. The molecule has 0 fully saturated rings. The zero-order valence-corrected chi connectivity index (χ0v) is 14.0. The third-order valence-corrected chi connectivity index (χ3v) is 4.00. The molecule has 0 aliphatic rings. The summed E-state index contributed by atoms with van der Waals surface area (Å²) in [5, 5.41) is 11.9. The molecule has 0 radical (unpaired) electrons. The van der Waals surface area contributed by atoms with E-state index >= 15 is 0 Å². The number of aromatic nitrogens is 5. The molecular weight excluding hydrogens is 316 g/mol. The van der Waals surface area contributed by atoms with Gasteiger partial charge in [-0.15, -0.1) is 0 Å². The number of fused-ring (bicyclic) bond motifs is 1. The van der Waals surface area contributed by atoms with Gasteiger partial charge in [-0.05, 0) is 30.7 Å². The monoisotopic (exact) mass is 334 g/mol. The number of nitrogens with zero attached hydrogens (tertiary/aromatic N) is 5. The lowest BCUT2D eigenvalue weighted by atomic mass is 10.1. The van der Waals surface area contributed by atoms with Gasteiger partial charge in [-0.1, -0.05) is 12.1 Å². The normalized spacial score (nSPS) is 11.0. The summed E-state index contributed by atoms with van der Waals surface area (Å²) in [7, 11) is 1.66. The molecule has 126 valence electrons. The number of nitrogens with one attached hydrogen (secondary N) is 1. The molecule has 7 nitrogen and oxygen atoms in total. The minimum absolute atomic E-state index is 0.749. The number of methoxy groups -OCH3 is 1. The Morgan fingerprint density at radius 2 is 1.92 bits per heavy atom. The van der Waals surface area contributed by atoms with Crippen molar-refractivity contribution in [1.82, 2.24) is 24.4 Å².